The number of fused-ring (bicyclic) bond motifs is 1. The molecule has 3 aliphatic heterocycles. The zero-order valence-corrected chi connectivity index (χ0v) is 11.7. The van der Waals surface area contributed by atoms with Crippen molar-refractivity contribution in [3.8, 4) is 0 Å². The van der Waals surface area contributed by atoms with Crippen molar-refractivity contribution < 1.29 is 19.1 Å². The lowest BCUT2D eigenvalue weighted by Gasteiger charge is -2.37. The Bertz CT molecular complexity index is 492. The predicted octanol–water partition coefficient (Wildman–Crippen LogP) is 2.22. The van der Waals surface area contributed by atoms with Crippen LogP contribution >= 0.6 is 0 Å². The van der Waals surface area contributed by atoms with Crippen molar-refractivity contribution in [2.45, 2.75) is 58.0 Å². The summed E-state index contributed by atoms with van der Waals surface area (Å²) < 4.78 is 11.2. The monoisotopic (exact) mass is 265 g/mol. The maximum atomic E-state index is 12.3. The van der Waals surface area contributed by atoms with E-state index in [1.54, 1.807) is 20.8 Å². The van der Waals surface area contributed by atoms with Crippen LogP contribution in [-0.4, -0.2) is 34.3 Å². The Balaban J connectivity index is 1.95. The number of carbonyl (C=O) groups is 2. The molecule has 0 saturated carbocycles. The second kappa shape index (κ2) is 3.39. The minimum atomic E-state index is -0.933. The third kappa shape index (κ3) is 1.57. The molecule has 19 heavy (non-hydrogen) atoms. The Kier molecular flexibility index (Phi) is 2.26. The van der Waals surface area contributed by atoms with Gasteiger partial charge in [0.05, 0.1) is 6.10 Å². The molecule has 1 spiro atoms. The Morgan fingerprint density at radius 1 is 1.53 bits per heavy atom. The van der Waals surface area contributed by atoms with Crippen LogP contribution in [0.2, 0.25) is 0 Å². The first-order chi connectivity index (χ1) is 8.67. The number of imide groups is 1. The Hall–Kier alpha value is -1.36. The summed E-state index contributed by atoms with van der Waals surface area (Å²) in [4.78, 5) is 25.7. The summed E-state index contributed by atoms with van der Waals surface area (Å²) in [5, 5.41) is 0. The zero-order chi connectivity index (χ0) is 14.1. The average Bonchev–Trinajstić information content (AvgIpc) is 2.74. The summed E-state index contributed by atoms with van der Waals surface area (Å²) >= 11 is 0. The molecule has 2 saturated heterocycles. The topological polar surface area (TPSA) is 55.8 Å². The molecule has 3 aliphatic rings. The van der Waals surface area contributed by atoms with E-state index in [2.05, 4.69) is 0 Å². The lowest BCUT2D eigenvalue weighted by molar-refractivity contribution is -0.143. The highest BCUT2D eigenvalue weighted by Gasteiger charge is 2.69. The molecule has 0 aliphatic carbocycles. The highest BCUT2D eigenvalue weighted by Crippen LogP contribution is 2.59. The second-order valence-electron chi connectivity index (χ2n) is 6.86. The number of hydrogen-bond acceptors (Lipinski definition) is 4. The van der Waals surface area contributed by atoms with Crippen LogP contribution in [0.3, 0.4) is 0 Å². The van der Waals surface area contributed by atoms with E-state index < -0.39 is 17.4 Å². The molecule has 5 heteroatoms. The summed E-state index contributed by atoms with van der Waals surface area (Å²) in [7, 11) is 0. The molecule has 104 valence electrons. The second-order valence-corrected chi connectivity index (χ2v) is 6.86. The normalized spacial score (nSPS) is 39.9. The number of ether oxygens (including phenoxy) is 2. The van der Waals surface area contributed by atoms with E-state index in [-0.39, 0.29) is 17.4 Å². The van der Waals surface area contributed by atoms with Gasteiger partial charge in [0.1, 0.15) is 5.60 Å². The molecular formula is C14H19NO4. The van der Waals surface area contributed by atoms with Crippen molar-refractivity contribution >= 4 is 12.0 Å². The van der Waals surface area contributed by atoms with Crippen molar-refractivity contribution in [1.29, 1.82) is 0 Å². The van der Waals surface area contributed by atoms with Gasteiger partial charge in [-0.2, -0.15) is 0 Å². The van der Waals surface area contributed by atoms with E-state index in [9.17, 15) is 9.59 Å². The minimum Gasteiger partial charge on any atom is -0.443 e. The fourth-order valence-electron chi connectivity index (χ4n) is 3.33. The van der Waals surface area contributed by atoms with E-state index in [0.29, 0.717) is 6.42 Å². The van der Waals surface area contributed by atoms with Gasteiger partial charge in [0.15, 0.2) is 5.72 Å². The van der Waals surface area contributed by atoms with Crippen LogP contribution < -0.4 is 0 Å². The van der Waals surface area contributed by atoms with Gasteiger partial charge >= 0.3 is 6.09 Å². The molecule has 2 fully saturated rings. The van der Waals surface area contributed by atoms with Crippen LogP contribution in [0.15, 0.2) is 12.2 Å². The smallest absolute Gasteiger partial charge is 0.419 e. The summed E-state index contributed by atoms with van der Waals surface area (Å²) in [5.74, 6) is -0.221. The number of hydrogen-bond donors (Lipinski definition) is 0. The summed E-state index contributed by atoms with van der Waals surface area (Å²) in [6.45, 7) is 7.35. The molecule has 5 nitrogen and oxygen atoms in total. The fraction of sp³-hybridized carbons (Fsp3) is 0.714. The molecular weight excluding hydrogens is 246 g/mol. The lowest BCUT2D eigenvalue weighted by atomic mass is 9.75. The van der Waals surface area contributed by atoms with E-state index in [4.69, 9.17) is 9.47 Å². The molecule has 0 aromatic carbocycles. The number of nitrogens with zero attached hydrogens (tertiary/aromatic N) is 1. The Labute approximate surface area is 112 Å². The number of rotatable bonds is 0. The third-order valence-corrected chi connectivity index (χ3v) is 4.08. The lowest BCUT2D eigenvalue weighted by Crippen LogP contribution is -2.53. The molecule has 0 aromatic heterocycles. The van der Waals surface area contributed by atoms with Crippen LogP contribution in [0.4, 0.5) is 4.79 Å². The fourth-order valence-corrected chi connectivity index (χ4v) is 3.33. The van der Waals surface area contributed by atoms with Gasteiger partial charge in [-0.1, -0.05) is 13.0 Å². The largest absolute Gasteiger partial charge is 0.443 e. The summed E-state index contributed by atoms with van der Waals surface area (Å²) in [6, 6.07) is 0. The Morgan fingerprint density at radius 3 is 2.79 bits per heavy atom. The van der Waals surface area contributed by atoms with Crippen molar-refractivity contribution in [2.24, 2.45) is 5.41 Å². The van der Waals surface area contributed by atoms with Gasteiger partial charge < -0.3 is 9.47 Å². The quantitative estimate of drug-likeness (QED) is 0.630. The van der Waals surface area contributed by atoms with E-state index in [0.717, 1.165) is 6.42 Å². The van der Waals surface area contributed by atoms with E-state index in [1.807, 2.05) is 19.1 Å². The molecule has 2 amide bonds. The number of amides is 2. The van der Waals surface area contributed by atoms with Crippen LogP contribution in [-0.2, 0) is 14.3 Å². The van der Waals surface area contributed by atoms with Crippen LogP contribution in [0.5, 0.6) is 0 Å². The van der Waals surface area contributed by atoms with Gasteiger partial charge in [-0.05, 0) is 33.3 Å². The number of likely N-dealkylation sites (tertiary alicyclic amines) is 1. The van der Waals surface area contributed by atoms with E-state index >= 15 is 0 Å². The van der Waals surface area contributed by atoms with Gasteiger partial charge in [0.2, 0.25) is 5.91 Å². The average molecular weight is 265 g/mol. The predicted molar refractivity (Wildman–Crippen MR) is 67.2 cm³/mol. The molecule has 2 bridgehead atoms. The van der Waals surface area contributed by atoms with Gasteiger partial charge in [-0.25, -0.2) is 9.69 Å². The summed E-state index contributed by atoms with van der Waals surface area (Å²) in [6.07, 6.45) is 4.26. The first-order valence-electron chi connectivity index (χ1n) is 6.60. The molecule has 3 heterocycles. The molecule has 0 N–H and O–H groups in total. The standard InChI is InChI=1S/C14H19NO4/c1-12(2,3)19-11(17)15-10(16)8-13(4)7-9-5-6-14(13,15)18-9/h5-6,9H,7-8H2,1-4H3. The molecule has 0 aromatic rings. The highest BCUT2D eigenvalue weighted by molar-refractivity contribution is 5.96. The van der Waals surface area contributed by atoms with Crippen LogP contribution in [0, 0.1) is 5.41 Å². The van der Waals surface area contributed by atoms with Crippen molar-refractivity contribution in [2.75, 3.05) is 0 Å². The van der Waals surface area contributed by atoms with Crippen molar-refractivity contribution in [3.63, 3.8) is 0 Å². The third-order valence-electron chi connectivity index (χ3n) is 4.08. The molecule has 3 rings (SSSR count). The molecule has 3 atom stereocenters. The SMILES string of the molecule is CC(C)(C)OC(=O)N1C(=O)CC2(C)CC3C=CC12O3. The van der Waals surface area contributed by atoms with E-state index in [1.165, 1.54) is 4.90 Å². The van der Waals surface area contributed by atoms with Gasteiger partial charge in [0.25, 0.3) is 0 Å². The summed E-state index contributed by atoms with van der Waals surface area (Å²) in [5.41, 5.74) is -1.90. The maximum Gasteiger partial charge on any atom is 0.419 e. The van der Waals surface area contributed by atoms with Crippen LogP contribution in [0.25, 0.3) is 0 Å². The van der Waals surface area contributed by atoms with Crippen molar-refractivity contribution in [3.05, 3.63) is 12.2 Å². The van der Waals surface area contributed by atoms with Crippen molar-refractivity contribution in [1.82, 2.24) is 4.90 Å². The number of carbonyl (C=O) groups excluding carboxylic acids is 2. The first kappa shape index (κ1) is 12.7. The molecule has 0 radical (unpaired) electrons. The van der Waals surface area contributed by atoms with Gasteiger partial charge in [0, 0.05) is 11.8 Å². The van der Waals surface area contributed by atoms with Gasteiger partial charge in [-0.15, -0.1) is 0 Å². The van der Waals surface area contributed by atoms with Crippen LogP contribution in [0.1, 0.15) is 40.5 Å². The minimum absolute atomic E-state index is 0.00281. The highest BCUT2D eigenvalue weighted by atomic mass is 16.6. The zero-order valence-electron chi connectivity index (χ0n) is 11.7. The van der Waals surface area contributed by atoms with Gasteiger partial charge in [-0.3, -0.25) is 4.79 Å². The Morgan fingerprint density at radius 2 is 2.21 bits per heavy atom. The molecule has 3 unspecified atom stereocenters. The maximum absolute atomic E-state index is 12.3. The first-order valence-corrected chi connectivity index (χ1v) is 6.60.